The van der Waals surface area contributed by atoms with Crippen LogP contribution in [0.25, 0.3) is 11.3 Å². The molecule has 0 spiro atoms. The lowest BCUT2D eigenvalue weighted by molar-refractivity contribution is 0.931. The van der Waals surface area contributed by atoms with E-state index >= 15 is 0 Å². The molecule has 0 N–H and O–H groups in total. The lowest BCUT2D eigenvalue weighted by atomic mass is 10.1. The molecule has 1 saturated carbocycles. The summed E-state index contributed by atoms with van der Waals surface area (Å²) in [5.41, 5.74) is 1.51. The van der Waals surface area contributed by atoms with Crippen LogP contribution in [0.4, 0.5) is 0 Å². The standard InChI is InChI=1S/C13H9Cl3N2/c14-8-3-4-10(15)9(5-8)11-6-12(16)18-13(17-11)7-1-2-7/h3-7H,1-2H2. The van der Waals surface area contributed by atoms with Crippen LogP contribution in [0.5, 0.6) is 0 Å². The van der Waals surface area contributed by atoms with Gasteiger partial charge < -0.3 is 0 Å². The number of rotatable bonds is 2. The van der Waals surface area contributed by atoms with Gasteiger partial charge in [0.05, 0.1) is 10.7 Å². The molecule has 18 heavy (non-hydrogen) atoms. The van der Waals surface area contributed by atoms with Crippen LogP contribution in [0.1, 0.15) is 24.6 Å². The van der Waals surface area contributed by atoms with Gasteiger partial charge in [-0.3, -0.25) is 0 Å². The van der Waals surface area contributed by atoms with Crippen molar-refractivity contribution in [1.82, 2.24) is 9.97 Å². The molecular weight excluding hydrogens is 291 g/mol. The molecular formula is C13H9Cl3N2. The van der Waals surface area contributed by atoms with E-state index in [0.717, 1.165) is 29.9 Å². The maximum Gasteiger partial charge on any atom is 0.133 e. The summed E-state index contributed by atoms with van der Waals surface area (Å²) in [4.78, 5) is 8.78. The van der Waals surface area contributed by atoms with Crippen molar-refractivity contribution in [2.75, 3.05) is 0 Å². The second-order valence-corrected chi connectivity index (χ2v) is 5.56. The second kappa shape index (κ2) is 4.69. The Bertz CT molecular complexity index is 609. The lowest BCUT2D eigenvalue weighted by Gasteiger charge is -2.07. The van der Waals surface area contributed by atoms with Gasteiger partial charge in [0.1, 0.15) is 11.0 Å². The Morgan fingerprint density at radius 3 is 2.50 bits per heavy atom. The lowest BCUT2D eigenvalue weighted by Crippen LogP contribution is -1.95. The molecule has 0 unspecified atom stereocenters. The van der Waals surface area contributed by atoms with Gasteiger partial charge >= 0.3 is 0 Å². The summed E-state index contributed by atoms with van der Waals surface area (Å²) in [5, 5.41) is 1.67. The Balaban J connectivity index is 2.12. The van der Waals surface area contributed by atoms with Crippen molar-refractivity contribution in [3.05, 3.63) is 45.3 Å². The quantitative estimate of drug-likeness (QED) is 0.731. The van der Waals surface area contributed by atoms with Gasteiger partial charge in [-0.2, -0.15) is 0 Å². The maximum absolute atomic E-state index is 6.17. The van der Waals surface area contributed by atoms with Crippen LogP contribution in [-0.2, 0) is 0 Å². The summed E-state index contributed by atoms with van der Waals surface area (Å²) in [5.74, 6) is 1.24. The van der Waals surface area contributed by atoms with Crippen molar-refractivity contribution in [1.29, 1.82) is 0 Å². The molecule has 3 rings (SSSR count). The van der Waals surface area contributed by atoms with Crippen molar-refractivity contribution in [3.63, 3.8) is 0 Å². The molecule has 0 atom stereocenters. The fourth-order valence-electron chi connectivity index (χ4n) is 1.79. The van der Waals surface area contributed by atoms with E-state index < -0.39 is 0 Å². The summed E-state index contributed by atoms with van der Waals surface area (Å²) in [6.45, 7) is 0. The molecule has 1 aromatic carbocycles. The molecule has 92 valence electrons. The third-order valence-corrected chi connectivity index (χ3v) is 3.62. The Morgan fingerprint density at radius 1 is 1.00 bits per heavy atom. The van der Waals surface area contributed by atoms with Crippen LogP contribution in [0, 0.1) is 0 Å². The highest BCUT2D eigenvalue weighted by molar-refractivity contribution is 6.35. The van der Waals surface area contributed by atoms with Gasteiger partial charge in [0, 0.05) is 22.6 Å². The summed E-state index contributed by atoms with van der Waals surface area (Å²) in [6.07, 6.45) is 2.26. The van der Waals surface area contributed by atoms with E-state index in [4.69, 9.17) is 34.8 Å². The third-order valence-electron chi connectivity index (χ3n) is 2.86. The smallest absolute Gasteiger partial charge is 0.133 e. The van der Waals surface area contributed by atoms with Crippen LogP contribution in [-0.4, -0.2) is 9.97 Å². The molecule has 0 saturated heterocycles. The number of hydrogen-bond acceptors (Lipinski definition) is 2. The van der Waals surface area contributed by atoms with Crippen LogP contribution >= 0.6 is 34.8 Å². The Hall–Kier alpha value is -0.830. The first kappa shape index (κ1) is 12.2. The maximum atomic E-state index is 6.17. The molecule has 1 aliphatic carbocycles. The first-order valence-corrected chi connectivity index (χ1v) is 6.77. The van der Waals surface area contributed by atoms with Gasteiger partial charge in [-0.25, -0.2) is 9.97 Å². The highest BCUT2D eigenvalue weighted by Crippen LogP contribution is 2.39. The SMILES string of the molecule is Clc1ccc(Cl)c(-c2cc(Cl)nc(C3CC3)n2)c1. The number of halogens is 3. The molecule has 2 aromatic rings. The largest absolute Gasteiger partial charge is 0.232 e. The van der Waals surface area contributed by atoms with Gasteiger partial charge in [-0.05, 0) is 31.0 Å². The number of aromatic nitrogens is 2. The zero-order valence-electron chi connectivity index (χ0n) is 9.33. The van der Waals surface area contributed by atoms with Crippen molar-refractivity contribution in [3.8, 4) is 11.3 Å². The van der Waals surface area contributed by atoms with E-state index in [-0.39, 0.29) is 0 Å². The van der Waals surface area contributed by atoms with E-state index in [2.05, 4.69) is 9.97 Å². The van der Waals surface area contributed by atoms with Gasteiger partial charge in [0.2, 0.25) is 0 Å². The molecule has 1 aromatic heterocycles. The second-order valence-electron chi connectivity index (χ2n) is 4.33. The molecule has 0 amide bonds. The Kier molecular flexibility index (Phi) is 3.18. The first-order chi connectivity index (χ1) is 8.63. The average Bonchev–Trinajstić information content (AvgIpc) is 3.15. The molecule has 2 nitrogen and oxygen atoms in total. The summed E-state index contributed by atoms with van der Waals surface area (Å²) in [7, 11) is 0. The fraction of sp³-hybridized carbons (Fsp3) is 0.231. The highest BCUT2D eigenvalue weighted by atomic mass is 35.5. The van der Waals surface area contributed by atoms with E-state index in [1.54, 1.807) is 24.3 Å². The Morgan fingerprint density at radius 2 is 1.78 bits per heavy atom. The zero-order valence-corrected chi connectivity index (χ0v) is 11.6. The summed E-state index contributed by atoms with van der Waals surface area (Å²) >= 11 is 18.2. The number of hydrogen-bond donors (Lipinski definition) is 0. The molecule has 1 heterocycles. The van der Waals surface area contributed by atoms with Crippen molar-refractivity contribution in [2.45, 2.75) is 18.8 Å². The molecule has 1 aliphatic rings. The normalized spacial score (nSPS) is 14.8. The minimum atomic E-state index is 0.443. The highest BCUT2D eigenvalue weighted by Gasteiger charge is 2.27. The van der Waals surface area contributed by atoms with Crippen molar-refractivity contribution >= 4 is 34.8 Å². The van der Waals surface area contributed by atoms with E-state index in [9.17, 15) is 0 Å². The number of benzene rings is 1. The molecule has 1 fully saturated rings. The molecule has 0 radical (unpaired) electrons. The third kappa shape index (κ3) is 2.46. The summed E-state index contributed by atoms with van der Waals surface area (Å²) in [6, 6.07) is 7.01. The zero-order chi connectivity index (χ0) is 12.7. The Labute approximate surface area is 120 Å². The predicted molar refractivity (Wildman–Crippen MR) is 74.5 cm³/mol. The minimum Gasteiger partial charge on any atom is -0.232 e. The average molecular weight is 300 g/mol. The van der Waals surface area contributed by atoms with Gasteiger partial charge in [-0.1, -0.05) is 34.8 Å². The van der Waals surface area contributed by atoms with Crippen LogP contribution < -0.4 is 0 Å². The first-order valence-electron chi connectivity index (χ1n) is 5.63. The van der Waals surface area contributed by atoms with Gasteiger partial charge in [-0.15, -0.1) is 0 Å². The van der Waals surface area contributed by atoms with Crippen molar-refractivity contribution < 1.29 is 0 Å². The van der Waals surface area contributed by atoms with E-state index in [1.165, 1.54) is 0 Å². The van der Waals surface area contributed by atoms with Crippen molar-refractivity contribution in [2.24, 2.45) is 0 Å². The van der Waals surface area contributed by atoms with Crippen LogP contribution in [0.15, 0.2) is 24.3 Å². The summed E-state index contributed by atoms with van der Waals surface area (Å²) < 4.78 is 0. The molecule has 0 bridgehead atoms. The fourth-order valence-corrected chi connectivity index (χ4v) is 2.37. The van der Waals surface area contributed by atoms with E-state index in [1.807, 2.05) is 0 Å². The van der Waals surface area contributed by atoms with Crippen LogP contribution in [0.3, 0.4) is 0 Å². The number of nitrogens with zero attached hydrogens (tertiary/aromatic N) is 2. The van der Waals surface area contributed by atoms with Gasteiger partial charge in [0.25, 0.3) is 0 Å². The predicted octanol–water partition coefficient (Wildman–Crippen LogP) is 4.98. The van der Waals surface area contributed by atoms with E-state index in [0.29, 0.717) is 21.1 Å². The van der Waals surface area contributed by atoms with Gasteiger partial charge in [0.15, 0.2) is 0 Å². The molecule has 0 aliphatic heterocycles. The minimum absolute atomic E-state index is 0.443. The molecule has 5 heteroatoms. The van der Waals surface area contributed by atoms with Crippen LogP contribution in [0.2, 0.25) is 15.2 Å². The monoisotopic (exact) mass is 298 g/mol. The topological polar surface area (TPSA) is 25.8 Å².